The Hall–Kier alpha value is -1.40. The lowest BCUT2D eigenvalue weighted by Crippen LogP contribution is -2.45. The molecular formula is C61H119NO5. The molecule has 0 aliphatic rings. The molecule has 0 radical (unpaired) electrons. The number of amides is 1. The average Bonchev–Trinajstić information content (AvgIpc) is 3.33. The first-order chi connectivity index (χ1) is 33.0. The zero-order valence-electron chi connectivity index (χ0n) is 45.4. The molecule has 0 aromatic heterocycles. The van der Waals surface area contributed by atoms with Gasteiger partial charge in [-0.1, -0.05) is 296 Å². The van der Waals surface area contributed by atoms with Crippen LogP contribution in [0, 0.1) is 0 Å². The zero-order valence-corrected chi connectivity index (χ0v) is 45.4. The van der Waals surface area contributed by atoms with Gasteiger partial charge in [-0.15, -0.1) is 0 Å². The fourth-order valence-corrected chi connectivity index (χ4v) is 9.65. The fraction of sp³-hybridized carbons (Fsp3) is 0.934. The van der Waals surface area contributed by atoms with Gasteiger partial charge in [0, 0.05) is 12.8 Å². The number of allylic oxidation sites excluding steroid dienone is 2. The summed E-state index contributed by atoms with van der Waals surface area (Å²) in [7, 11) is 0. The van der Waals surface area contributed by atoms with E-state index in [0.29, 0.717) is 25.9 Å². The highest BCUT2D eigenvalue weighted by atomic mass is 16.5. The number of aliphatic hydroxyl groups is 2. The van der Waals surface area contributed by atoms with Gasteiger partial charge in [0.2, 0.25) is 5.91 Å². The summed E-state index contributed by atoms with van der Waals surface area (Å²) >= 11 is 0. The molecule has 0 fully saturated rings. The van der Waals surface area contributed by atoms with Crippen molar-refractivity contribution in [3.63, 3.8) is 0 Å². The van der Waals surface area contributed by atoms with Crippen molar-refractivity contribution in [1.82, 2.24) is 5.32 Å². The van der Waals surface area contributed by atoms with Crippen LogP contribution in [0.1, 0.15) is 341 Å². The highest BCUT2D eigenvalue weighted by molar-refractivity contribution is 5.76. The molecule has 67 heavy (non-hydrogen) atoms. The third-order valence-corrected chi connectivity index (χ3v) is 14.3. The van der Waals surface area contributed by atoms with Crippen LogP contribution >= 0.6 is 0 Å². The van der Waals surface area contributed by atoms with E-state index >= 15 is 0 Å². The van der Waals surface area contributed by atoms with E-state index < -0.39 is 12.1 Å². The summed E-state index contributed by atoms with van der Waals surface area (Å²) in [6.45, 7) is 4.90. The van der Waals surface area contributed by atoms with E-state index in [1.54, 1.807) is 0 Å². The first-order valence-corrected chi connectivity index (χ1v) is 30.4. The number of ether oxygens (including phenoxy) is 1. The Balaban J connectivity index is 3.48. The Kier molecular flexibility index (Phi) is 56.0. The number of hydrogen-bond acceptors (Lipinski definition) is 5. The van der Waals surface area contributed by atoms with Crippen LogP contribution in [0.2, 0.25) is 0 Å². The summed E-state index contributed by atoms with van der Waals surface area (Å²) in [5.74, 6) is -0.121. The molecule has 6 heteroatoms. The number of unbranched alkanes of at least 4 members (excludes halogenated alkanes) is 44. The third-order valence-electron chi connectivity index (χ3n) is 14.3. The SMILES string of the molecule is CCCCCCCCCCCCCCCCCCCCCCCCCCC(O)C(CO)NC(=O)CCC/C=C\CCCCCCOC(=O)CCCCCCCCCCCCCCCCCCC. The summed E-state index contributed by atoms with van der Waals surface area (Å²) in [5.41, 5.74) is 0. The molecular weight excluding hydrogens is 827 g/mol. The van der Waals surface area contributed by atoms with Crippen molar-refractivity contribution in [2.75, 3.05) is 13.2 Å². The highest BCUT2D eigenvalue weighted by Gasteiger charge is 2.20. The van der Waals surface area contributed by atoms with Gasteiger partial charge in [0.25, 0.3) is 0 Å². The summed E-state index contributed by atoms with van der Waals surface area (Å²) in [6.07, 6.45) is 68.0. The highest BCUT2D eigenvalue weighted by Crippen LogP contribution is 2.18. The number of aliphatic hydroxyl groups excluding tert-OH is 2. The van der Waals surface area contributed by atoms with Gasteiger partial charge in [-0.3, -0.25) is 9.59 Å². The average molecular weight is 947 g/mol. The largest absolute Gasteiger partial charge is 0.466 e. The Morgan fingerprint density at radius 1 is 0.403 bits per heavy atom. The molecule has 6 nitrogen and oxygen atoms in total. The van der Waals surface area contributed by atoms with E-state index in [-0.39, 0.29) is 18.5 Å². The maximum absolute atomic E-state index is 12.5. The number of hydrogen-bond donors (Lipinski definition) is 3. The topological polar surface area (TPSA) is 95.9 Å². The van der Waals surface area contributed by atoms with Gasteiger partial charge in [-0.25, -0.2) is 0 Å². The van der Waals surface area contributed by atoms with Crippen molar-refractivity contribution >= 4 is 11.9 Å². The van der Waals surface area contributed by atoms with Crippen molar-refractivity contribution in [2.24, 2.45) is 0 Å². The summed E-state index contributed by atoms with van der Waals surface area (Å²) in [5, 5.41) is 23.3. The Bertz CT molecular complexity index is 1000. The van der Waals surface area contributed by atoms with Crippen molar-refractivity contribution in [3.05, 3.63) is 12.2 Å². The minimum absolute atomic E-state index is 0.0303. The Morgan fingerprint density at radius 2 is 0.716 bits per heavy atom. The summed E-state index contributed by atoms with van der Waals surface area (Å²) in [6, 6.07) is -0.579. The van der Waals surface area contributed by atoms with Crippen molar-refractivity contribution in [1.29, 1.82) is 0 Å². The van der Waals surface area contributed by atoms with Crippen LogP contribution in [0.25, 0.3) is 0 Å². The molecule has 0 aliphatic heterocycles. The van der Waals surface area contributed by atoms with Crippen molar-refractivity contribution < 1.29 is 24.5 Å². The second-order valence-corrected chi connectivity index (χ2v) is 21.0. The molecule has 2 atom stereocenters. The standard InChI is InChI=1S/C61H119NO5/c1-3-5-7-9-11-13-15-17-19-21-22-23-24-25-26-27-29-30-32-34-37-41-45-49-53-59(64)58(57-63)62-60(65)54-50-46-42-38-36-40-44-48-52-56-67-61(66)55-51-47-43-39-35-33-31-28-20-18-16-14-12-10-8-6-4-2/h38,42,58-59,63-64H,3-37,39-41,43-57H2,1-2H3,(H,62,65)/b42-38-. The van der Waals surface area contributed by atoms with E-state index in [4.69, 9.17) is 4.74 Å². The minimum atomic E-state index is -0.695. The van der Waals surface area contributed by atoms with Gasteiger partial charge in [0.1, 0.15) is 0 Å². The molecule has 1 amide bonds. The predicted molar refractivity (Wildman–Crippen MR) is 292 cm³/mol. The maximum Gasteiger partial charge on any atom is 0.305 e. The monoisotopic (exact) mass is 946 g/mol. The molecule has 0 spiro atoms. The smallest absolute Gasteiger partial charge is 0.305 e. The first kappa shape index (κ1) is 65.6. The maximum atomic E-state index is 12.5. The van der Waals surface area contributed by atoms with Gasteiger partial charge in [0.05, 0.1) is 25.4 Å². The molecule has 0 aromatic carbocycles. The van der Waals surface area contributed by atoms with E-state index in [0.717, 1.165) is 70.6 Å². The number of carbonyl (C=O) groups is 2. The van der Waals surface area contributed by atoms with Crippen LogP contribution in [-0.2, 0) is 14.3 Å². The summed E-state index contributed by atoms with van der Waals surface area (Å²) < 4.78 is 5.46. The van der Waals surface area contributed by atoms with Gasteiger partial charge in [-0.05, 0) is 44.9 Å². The molecule has 0 aromatic rings. The quantitative estimate of drug-likeness (QED) is 0.0321. The van der Waals surface area contributed by atoms with E-state index in [2.05, 4.69) is 31.3 Å². The van der Waals surface area contributed by atoms with Gasteiger partial charge >= 0.3 is 5.97 Å². The molecule has 0 bridgehead atoms. The van der Waals surface area contributed by atoms with Crippen LogP contribution in [-0.4, -0.2) is 47.4 Å². The van der Waals surface area contributed by atoms with Crippen molar-refractivity contribution in [3.8, 4) is 0 Å². The molecule has 0 rings (SSSR count). The Labute approximate surface area is 419 Å². The van der Waals surface area contributed by atoms with Crippen molar-refractivity contribution in [2.45, 2.75) is 353 Å². The number of rotatable bonds is 57. The van der Waals surface area contributed by atoms with Crippen LogP contribution in [0.3, 0.4) is 0 Å². The van der Waals surface area contributed by atoms with Gasteiger partial charge < -0.3 is 20.3 Å². The lowest BCUT2D eigenvalue weighted by molar-refractivity contribution is -0.143. The van der Waals surface area contributed by atoms with E-state index in [1.807, 2.05) is 0 Å². The van der Waals surface area contributed by atoms with Gasteiger partial charge in [0.15, 0.2) is 0 Å². The van der Waals surface area contributed by atoms with Gasteiger partial charge in [-0.2, -0.15) is 0 Å². The van der Waals surface area contributed by atoms with E-state index in [9.17, 15) is 19.8 Å². The molecule has 0 aliphatic carbocycles. The molecule has 0 saturated carbocycles. The number of carbonyl (C=O) groups excluding carboxylic acids is 2. The van der Waals surface area contributed by atoms with Crippen LogP contribution in [0.15, 0.2) is 12.2 Å². The lowest BCUT2D eigenvalue weighted by atomic mass is 10.0. The second-order valence-electron chi connectivity index (χ2n) is 21.0. The predicted octanol–water partition coefficient (Wildman–Crippen LogP) is 18.9. The molecule has 0 saturated heterocycles. The normalized spacial score (nSPS) is 12.6. The first-order valence-electron chi connectivity index (χ1n) is 30.4. The third kappa shape index (κ3) is 53.8. The van der Waals surface area contributed by atoms with Crippen LogP contribution in [0.4, 0.5) is 0 Å². The fourth-order valence-electron chi connectivity index (χ4n) is 9.65. The molecule has 2 unspecified atom stereocenters. The van der Waals surface area contributed by atoms with E-state index in [1.165, 1.54) is 238 Å². The Morgan fingerprint density at radius 3 is 1.09 bits per heavy atom. The molecule has 3 N–H and O–H groups in total. The van der Waals surface area contributed by atoms with Crippen LogP contribution < -0.4 is 5.32 Å². The molecule has 398 valence electrons. The minimum Gasteiger partial charge on any atom is -0.466 e. The number of nitrogens with one attached hydrogen (secondary N) is 1. The summed E-state index contributed by atoms with van der Waals surface area (Å²) in [4.78, 5) is 24.6. The molecule has 0 heterocycles. The second kappa shape index (κ2) is 57.2. The van der Waals surface area contributed by atoms with Crippen LogP contribution in [0.5, 0.6) is 0 Å². The zero-order chi connectivity index (χ0) is 48.6. The lowest BCUT2D eigenvalue weighted by Gasteiger charge is -2.22. The number of esters is 1.